The van der Waals surface area contributed by atoms with Gasteiger partial charge in [-0.1, -0.05) is 18.2 Å². The standard InChI is InChI=1S/C17H21N3O3/c1-11(15(21)19-16(22)20-17(2,3)4)23-13-9-5-7-12-8-6-10-18-14(12)13/h5-11H,1-4H3,(H2,19,20,21,22)/t11-/m1/s1. The second kappa shape index (κ2) is 6.64. The average molecular weight is 315 g/mol. The van der Waals surface area contributed by atoms with Gasteiger partial charge in [-0.15, -0.1) is 0 Å². The van der Waals surface area contributed by atoms with Gasteiger partial charge in [0.15, 0.2) is 6.10 Å². The van der Waals surface area contributed by atoms with Crippen molar-refractivity contribution in [2.45, 2.75) is 39.3 Å². The molecule has 23 heavy (non-hydrogen) atoms. The van der Waals surface area contributed by atoms with Crippen LogP contribution in [0.15, 0.2) is 36.5 Å². The zero-order chi connectivity index (χ0) is 17.0. The SMILES string of the molecule is C[C@@H](Oc1cccc2cccnc12)C(=O)NC(=O)NC(C)(C)C. The Hall–Kier alpha value is -2.63. The van der Waals surface area contributed by atoms with Crippen LogP contribution in [0.25, 0.3) is 10.9 Å². The van der Waals surface area contributed by atoms with Crippen molar-refractivity contribution >= 4 is 22.8 Å². The molecular weight excluding hydrogens is 294 g/mol. The number of pyridine rings is 1. The van der Waals surface area contributed by atoms with Crippen molar-refractivity contribution in [3.05, 3.63) is 36.5 Å². The van der Waals surface area contributed by atoms with E-state index in [9.17, 15) is 9.59 Å². The van der Waals surface area contributed by atoms with Crippen LogP contribution >= 0.6 is 0 Å². The Morgan fingerprint density at radius 1 is 1.17 bits per heavy atom. The first-order valence-corrected chi connectivity index (χ1v) is 7.40. The molecule has 0 fully saturated rings. The van der Waals surface area contributed by atoms with E-state index < -0.39 is 23.6 Å². The largest absolute Gasteiger partial charge is 0.479 e. The van der Waals surface area contributed by atoms with Gasteiger partial charge in [-0.05, 0) is 39.8 Å². The van der Waals surface area contributed by atoms with E-state index in [2.05, 4.69) is 15.6 Å². The number of nitrogens with zero attached hydrogens (tertiary/aromatic N) is 1. The number of carbonyl (C=O) groups excluding carboxylic acids is 2. The number of para-hydroxylation sites is 1. The number of ether oxygens (including phenoxy) is 1. The lowest BCUT2D eigenvalue weighted by molar-refractivity contribution is -0.126. The fourth-order valence-corrected chi connectivity index (χ4v) is 2.00. The number of nitrogens with one attached hydrogen (secondary N) is 2. The summed E-state index contributed by atoms with van der Waals surface area (Å²) < 4.78 is 5.67. The predicted octanol–water partition coefficient (Wildman–Crippen LogP) is 2.63. The Morgan fingerprint density at radius 2 is 1.87 bits per heavy atom. The van der Waals surface area contributed by atoms with E-state index in [0.29, 0.717) is 11.3 Å². The molecule has 1 atom stereocenters. The maximum Gasteiger partial charge on any atom is 0.321 e. The summed E-state index contributed by atoms with van der Waals surface area (Å²) in [5.41, 5.74) is 0.252. The number of aromatic nitrogens is 1. The molecule has 0 aliphatic rings. The Labute approximate surface area is 135 Å². The van der Waals surface area contributed by atoms with Gasteiger partial charge < -0.3 is 10.1 Å². The van der Waals surface area contributed by atoms with Crippen molar-refractivity contribution in [2.24, 2.45) is 0 Å². The van der Waals surface area contributed by atoms with Crippen LogP contribution in [0.4, 0.5) is 4.79 Å². The maximum absolute atomic E-state index is 12.1. The quantitative estimate of drug-likeness (QED) is 0.912. The molecule has 2 aromatic rings. The van der Waals surface area contributed by atoms with E-state index in [1.54, 1.807) is 19.2 Å². The van der Waals surface area contributed by atoms with E-state index in [0.717, 1.165) is 5.39 Å². The molecule has 6 nitrogen and oxygen atoms in total. The van der Waals surface area contributed by atoms with Crippen LogP contribution in [0, 0.1) is 0 Å². The summed E-state index contributed by atoms with van der Waals surface area (Å²) in [4.78, 5) is 28.1. The van der Waals surface area contributed by atoms with Gasteiger partial charge in [0.05, 0.1) is 0 Å². The zero-order valence-electron chi connectivity index (χ0n) is 13.7. The van der Waals surface area contributed by atoms with E-state index in [1.807, 2.05) is 45.0 Å². The van der Waals surface area contributed by atoms with Gasteiger partial charge in [0, 0.05) is 17.1 Å². The van der Waals surface area contributed by atoms with Gasteiger partial charge >= 0.3 is 6.03 Å². The third-order valence-corrected chi connectivity index (χ3v) is 2.99. The van der Waals surface area contributed by atoms with Crippen LogP contribution in [0.5, 0.6) is 5.75 Å². The Bertz CT molecular complexity index is 717. The third-order valence-electron chi connectivity index (χ3n) is 2.99. The number of hydrogen-bond acceptors (Lipinski definition) is 4. The second-order valence-electron chi connectivity index (χ2n) is 6.28. The minimum Gasteiger partial charge on any atom is -0.479 e. The summed E-state index contributed by atoms with van der Waals surface area (Å²) in [5, 5.41) is 5.85. The highest BCUT2D eigenvalue weighted by Gasteiger charge is 2.21. The van der Waals surface area contributed by atoms with Gasteiger partial charge in [0.25, 0.3) is 5.91 Å². The molecule has 6 heteroatoms. The molecule has 1 aromatic carbocycles. The monoisotopic (exact) mass is 315 g/mol. The predicted molar refractivity (Wildman–Crippen MR) is 88.3 cm³/mol. The molecule has 0 saturated carbocycles. The van der Waals surface area contributed by atoms with Gasteiger partial charge in [-0.25, -0.2) is 4.79 Å². The van der Waals surface area contributed by atoms with Crippen LogP contribution in [0.2, 0.25) is 0 Å². The molecule has 0 bridgehead atoms. The first kappa shape index (κ1) is 16.7. The highest BCUT2D eigenvalue weighted by atomic mass is 16.5. The summed E-state index contributed by atoms with van der Waals surface area (Å²) in [6.45, 7) is 7.08. The maximum atomic E-state index is 12.1. The molecule has 122 valence electrons. The Balaban J connectivity index is 2.04. The highest BCUT2D eigenvalue weighted by molar-refractivity contribution is 5.97. The number of hydrogen-bond donors (Lipinski definition) is 2. The van der Waals surface area contributed by atoms with Crippen molar-refractivity contribution in [1.29, 1.82) is 0 Å². The first-order valence-electron chi connectivity index (χ1n) is 7.40. The summed E-state index contributed by atoms with van der Waals surface area (Å²) in [5.74, 6) is -0.0123. The molecule has 0 radical (unpaired) electrons. The molecule has 0 spiro atoms. The van der Waals surface area contributed by atoms with Crippen LogP contribution in [-0.4, -0.2) is 28.6 Å². The lowest BCUT2D eigenvalue weighted by atomic mass is 10.1. The minimum absolute atomic E-state index is 0.423. The van der Waals surface area contributed by atoms with Gasteiger partial charge in [-0.2, -0.15) is 0 Å². The second-order valence-corrected chi connectivity index (χ2v) is 6.28. The number of urea groups is 1. The lowest BCUT2D eigenvalue weighted by Crippen LogP contribution is -2.50. The summed E-state index contributed by atoms with van der Waals surface area (Å²) >= 11 is 0. The first-order chi connectivity index (χ1) is 10.8. The summed E-state index contributed by atoms with van der Waals surface area (Å²) in [6.07, 6.45) is 0.838. The van der Waals surface area contributed by atoms with Gasteiger partial charge in [0.2, 0.25) is 0 Å². The van der Waals surface area contributed by atoms with Crippen molar-refractivity contribution in [2.75, 3.05) is 0 Å². The van der Waals surface area contributed by atoms with Crippen LogP contribution in [-0.2, 0) is 4.79 Å². The molecular formula is C17H21N3O3. The number of carbonyl (C=O) groups is 2. The number of benzene rings is 1. The molecule has 2 N–H and O–H groups in total. The molecule has 2 rings (SSSR count). The number of fused-ring (bicyclic) bond motifs is 1. The van der Waals surface area contributed by atoms with E-state index in [4.69, 9.17) is 4.74 Å². The molecule has 3 amide bonds. The van der Waals surface area contributed by atoms with Gasteiger partial charge in [-0.3, -0.25) is 15.1 Å². The smallest absolute Gasteiger partial charge is 0.321 e. The van der Waals surface area contributed by atoms with Crippen molar-refractivity contribution < 1.29 is 14.3 Å². The molecule has 0 saturated heterocycles. The Kier molecular flexibility index (Phi) is 4.83. The number of amides is 3. The number of imide groups is 1. The fourth-order valence-electron chi connectivity index (χ4n) is 2.00. The van der Waals surface area contributed by atoms with Gasteiger partial charge in [0.1, 0.15) is 11.3 Å². The highest BCUT2D eigenvalue weighted by Crippen LogP contribution is 2.23. The minimum atomic E-state index is -0.826. The summed E-state index contributed by atoms with van der Waals surface area (Å²) in [7, 11) is 0. The van der Waals surface area contributed by atoms with Crippen LogP contribution < -0.4 is 15.4 Å². The van der Waals surface area contributed by atoms with E-state index in [-0.39, 0.29) is 0 Å². The molecule has 0 unspecified atom stereocenters. The van der Waals surface area contributed by atoms with Crippen LogP contribution in [0.3, 0.4) is 0 Å². The summed E-state index contributed by atoms with van der Waals surface area (Å²) in [6, 6.07) is 8.69. The van der Waals surface area contributed by atoms with E-state index >= 15 is 0 Å². The fraction of sp³-hybridized carbons (Fsp3) is 0.353. The van der Waals surface area contributed by atoms with Crippen molar-refractivity contribution in [3.8, 4) is 5.75 Å². The Morgan fingerprint density at radius 3 is 2.57 bits per heavy atom. The normalized spacial score (nSPS) is 12.5. The molecule has 0 aliphatic carbocycles. The van der Waals surface area contributed by atoms with Crippen molar-refractivity contribution in [3.63, 3.8) is 0 Å². The zero-order valence-corrected chi connectivity index (χ0v) is 13.7. The van der Waals surface area contributed by atoms with E-state index in [1.165, 1.54) is 0 Å². The molecule has 1 heterocycles. The molecule has 1 aromatic heterocycles. The molecule has 0 aliphatic heterocycles. The average Bonchev–Trinajstić information content (AvgIpc) is 2.45. The topological polar surface area (TPSA) is 80.3 Å². The van der Waals surface area contributed by atoms with Crippen molar-refractivity contribution in [1.82, 2.24) is 15.6 Å². The third kappa shape index (κ3) is 4.67. The number of rotatable bonds is 3. The van der Waals surface area contributed by atoms with Crippen LogP contribution in [0.1, 0.15) is 27.7 Å². The lowest BCUT2D eigenvalue weighted by Gasteiger charge is -2.21.